The highest BCUT2D eigenvalue weighted by molar-refractivity contribution is 7.98. The molecule has 0 saturated heterocycles. The summed E-state index contributed by atoms with van der Waals surface area (Å²) in [6, 6.07) is 9.29. The fraction of sp³-hybridized carbons (Fsp3) is 0.211. The lowest BCUT2D eigenvalue weighted by molar-refractivity contribution is 0.0950. The van der Waals surface area contributed by atoms with Gasteiger partial charge in [-0.05, 0) is 61.6 Å². The first kappa shape index (κ1) is 17.7. The minimum absolute atomic E-state index is 0.112. The number of aromatic nitrogens is 2. The first-order valence-corrected chi connectivity index (χ1v) is 9.43. The fourth-order valence-electron chi connectivity index (χ4n) is 2.57. The van der Waals surface area contributed by atoms with Gasteiger partial charge in [0.1, 0.15) is 5.15 Å². The van der Waals surface area contributed by atoms with Crippen molar-refractivity contribution in [1.82, 2.24) is 15.3 Å². The monoisotopic (exact) mass is 371 g/mol. The van der Waals surface area contributed by atoms with E-state index >= 15 is 0 Å². The van der Waals surface area contributed by atoms with Crippen molar-refractivity contribution in [2.45, 2.75) is 25.3 Å². The molecule has 0 aliphatic carbocycles. The quantitative estimate of drug-likeness (QED) is 0.540. The molecule has 0 atom stereocenters. The lowest BCUT2D eigenvalue weighted by Crippen LogP contribution is -2.23. The number of fused-ring (bicyclic) bond motifs is 1. The molecule has 1 aromatic carbocycles. The maximum absolute atomic E-state index is 12.5. The normalized spacial score (nSPS) is 10.9. The Hall–Kier alpha value is -2.11. The molecule has 0 spiro atoms. The fourth-order valence-corrected chi connectivity index (χ4v) is 3.44. The molecular weight excluding hydrogens is 354 g/mol. The van der Waals surface area contributed by atoms with E-state index in [2.05, 4.69) is 22.2 Å². The van der Waals surface area contributed by atoms with Crippen LogP contribution < -0.4 is 5.32 Å². The molecule has 0 unspecified atom stereocenters. The molecule has 2 aromatic heterocycles. The number of rotatable bonds is 4. The summed E-state index contributed by atoms with van der Waals surface area (Å²) in [5, 5.41) is 4.27. The Labute approximate surface area is 156 Å². The van der Waals surface area contributed by atoms with Crippen LogP contribution in [-0.2, 0) is 6.54 Å². The molecule has 3 rings (SSSR count). The van der Waals surface area contributed by atoms with Gasteiger partial charge in [0, 0.05) is 22.0 Å². The Balaban J connectivity index is 1.77. The molecule has 3 aromatic rings. The lowest BCUT2D eigenvalue weighted by Gasteiger charge is -2.11. The van der Waals surface area contributed by atoms with E-state index in [1.54, 1.807) is 24.0 Å². The Kier molecular flexibility index (Phi) is 5.25. The second-order valence-electron chi connectivity index (χ2n) is 5.81. The van der Waals surface area contributed by atoms with Crippen molar-refractivity contribution in [2.24, 2.45) is 0 Å². The summed E-state index contributed by atoms with van der Waals surface area (Å²) in [5.74, 6) is -0.112. The number of hydrogen-bond donors (Lipinski definition) is 1. The van der Waals surface area contributed by atoms with Crippen LogP contribution in [0.25, 0.3) is 10.9 Å². The minimum Gasteiger partial charge on any atom is -0.346 e. The third kappa shape index (κ3) is 3.94. The van der Waals surface area contributed by atoms with Crippen molar-refractivity contribution < 1.29 is 4.79 Å². The second-order valence-corrected chi connectivity index (χ2v) is 7.04. The average Bonchev–Trinajstić information content (AvgIpc) is 2.61. The zero-order valence-corrected chi connectivity index (χ0v) is 15.8. The molecule has 0 bridgehead atoms. The van der Waals surface area contributed by atoms with Gasteiger partial charge in [-0.1, -0.05) is 11.6 Å². The maximum atomic E-state index is 12.5. The number of carbonyl (C=O) groups is 1. The SMILES string of the molecule is CSc1cc(C(=O)NCc2cc3nc(Cl)ccc3cn2)cc(C)c1C. The first-order valence-electron chi connectivity index (χ1n) is 7.82. The number of benzene rings is 1. The van der Waals surface area contributed by atoms with Gasteiger partial charge in [-0.3, -0.25) is 9.78 Å². The number of nitrogens with one attached hydrogen (secondary N) is 1. The average molecular weight is 372 g/mol. The molecule has 0 aliphatic heterocycles. The van der Waals surface area contributed by atoms with Crippen LogP contribution >= 0.6 is 23.4 Å². The molecule has 2 heterocycles. The van der Waals surface area contributed by atoms with Crippen molar-refractivity contribution in [1.29, 1.82) is 0 Å². The van der Waals surface area contributed by atoms with Gasteiger partial charge >= 0.3 is 0 Å². The number of aryl methyl sites for hydroxylation is 1. The van der Waals surface area contributed by atoms with Crippen LogP contribution in [0.3, 0.4) is 0 Å². The minimum atomic E-state index is -0.112. The first-order chi connectivity index (χ1) is 12.0. The molecule has 0 fully saturated rings. The Morgan fingerprint density at radius 1 is 1.24 bits per heavy atom. The van der Waals surface area contributed by atoms with Gasteiger partial charge in [-0.2, -0.15) is 0 Å². The summed E-state index contributed by atoms with van der Waals surface area (Å²) in [7, 11) is 0. The standard InChI is InChI=1S/C19H18ClN3OS/c1-11-6-14(7-17(25-3)12(11)2)19(24)22-10-15-8-16-13(9-21-15)4-5-18(20)23-16/h4-9H,10H2,1-3H3,(H,22,24). The lowest BCUT2D eigenvalue weighted by atomic mass is 10.1. The highest BCUT2D eigenvalue weighted by Crippen LogP contribution is 2.24. The third-order valence-electron chi connectivity index (χ3n) is 4.13. The van der Waals surface area contributed by atoms with Crippen LogP contribution in [0.5, 0.6) is 0 Å². The summed E-state index contributed by atoms with van der Waals surface area (Å²) >= 11 is 7.58. The Morgan fingerprint density at radius 2 is 2.04 bits per heavy atom. The highest BCUT2D eigenvalue weighted by Gasteiger charge is 2.11. The van der Waals surface area contributed by atoms with E-state index in [0.29, 0.717) is 17.3 Å². The molecule has 0 saturated carbocycles. The number of nitrogens with zero attached hydrogens (tertiary/aromatic N) is 2. The largest absolute Gasteiger partial charge is 0.346 e. The van der Waals surface area contributed by atoms with Gasteiger partial charge in [0.2, 0.25) is 0 Å². The summed E-state index contributed by atoms with van der Waals surface area (Å²) in [6.07, 6.45) is 3.75. The molecule has 1 N–H and O–H groups in total. The highest BCUT2D eigenvalue weighted by atomic mass is 35.5. The number of pyridine rings is 2. The molecule has 128 valence electrons. The topological polar surface area (TPSA) is 54.9 Å². The zero-order valence-electron chi connectivity index (χ0n) is 14.3. The molecule has 1 amide bonds. The van der Waals surface area contributed by atoms with Crippen molar-refractivity contribution in [3.05, 3.63) is 64.1 Å². The van der Waals surface area contributed by atoms with Gasteiger partial charge in [-0.15, -0.1) is 11.8 Å². The molecule has 25 heavy (non-hydrogen) atoms. The molecule has 0 aliphatic rings. The van der Waals surface area contributed by atoms with Crippen molar-refractivity contribution in [2.75, 3.05) is 6.26 Å². The second kappa shape index (κ2) is 7.42. The van der Waals surface area contributed by atoms with E-state index in [1.165, 1.54) is 5.56 Å². The molecule has 0 radical (unpaired) electrons. The van der Waals surface area contributed by atoms with Gasteiger partial charge in [0.15, 0.2) is 0 Å². The number of carbonyl (C=O) groups excluding carboxylic acids is 1. The summed E-state index contributed by atoms with van der Waals surface area (Å²) in [6.45, 7) is 4.43. The van der Waals surface area contributed by atoms with Crippen molar-refractivity contribution in [3.63, 3.8) is 0 Å². The van der Waals surface area contributed by atoms with Crippen LogP contribution in [0.4, 0.5) is 0 Å². The smallest absolute Gasteiger partial charge is 0.251 e. The summed E-state index contributed by atoms with van der Waals surface area (Å²) in [5.41, 5.74) is 4.49. The Morgan fingerprint density at radius 3 is 2.80 bits per heavy atom. The Bertz CT molecular complexity index is 959. The van der Waals surface area contributed by atoms with E-state index < -0.39 is 0 Å². The zero-order chi connectivity index (χ0) is 18.0. The van der Waals surface area contributed by atoms with E-state index in [0.717, 1.165) is 27.1 Å². The number of thioether (sulfide) groups is 1. The predicted octanol–water partition coefficient (Wildman–Crippen LogP) is 4.55. The van der Waals surface area contributed by atoms with Gasteiger partial charge in [-0.25, -0.2) is 4.98 Å². The van der Waals surface area contributed by atoms with E-state index in [9.17, 15) is 4.79 Å². The number of amides is 1. The third-order valence-corrected chi connectivity index (χ3v) is 5.20. The van der Waals surface area contributed by atoms with Crippen LogP contribution in [-0.4, -0.2) is 22.1 Å². The van der Waals surface area contributed by atoms with Crippen LogP contribution in [0.2, 0.25) is 5.15 Å². The van der Waals surface area contributed by atoms with E-state index in [4.69, 9.17) is 11.6 Å². The van der Waals surface area contributed by atoms with E-state index in [-0.39, 0.29) is 5.91 Å². The van der Waals surface area contributed by atoms with Crippen LogP contribution in [0.1, 0.15) is 27.2 Å². The van der Waals surface area contributed by atoms with Crippen molar-refractivity contribution >= 4 is 40.2 Å². The molecular formula is C19H18ClN3OS. The number of halogens is 1. The maximum Gasteiger partial charge on any atom is 0.251 e. The summed E-state index contributed by atoms with van der Waals surface area (Å²) < 4.78 is 0. The van der Waals surface area contributed by atoms with Gasteiger partial charge in [0.25, 0.3) is 5.91 Å². The van der Waals surface area contributed by atoms with Gasteiger partial charge in [0.05, 0.1) is 17.8 Å². The predicted molar refractivity (Wildman–Crippen MR) is 103 cm³/mol. The van der Waals surface area contributed by atoms with Crippen LogP contribution in [0, 0.1) is 13.8 Å². The number of hydrogen-bond acceptors (Lipinski definition) is 4. The van der Waals surface area contributed by atoms with Crippen molar-refractivity contribution in [3.8, 4) is 0 Å². The molecule has 6 heteroatoms. The van der Waals surface area contributed by atoms with Crippen LogP contribution in [0.15, 0.2) is 41.4 Å². The molecule has 4 nitrogen and oxygen atoms in total. The van der Waals surface area contributed by atoms with E-state index in [1.807, 2.05) is 37.4 Å². The summed E-state index contributed by atoms with van der Waals surface area (Å²) in [4.78, 5) is 22.2. The van der Waals surface area contributed by atoms with Gasteiger partial charge < -0.3 is 5.32 Å².